The van der Waals surface area contributed by atoms with Gasteiger partial charge in [-0.25, -0.2) is 9.97 Å². The molecule has 2 aromatic rings. The molecule has 5 heteroatoms. The highest BCUT2D eigenvalue weighted by atomic mass is 16.2. The Morgan fingerprint density at radius 2 is 1.92 bits per heavy atom. The van der Waals surface area contributed by atoms with Gasteiger partial charge >= 0.3 is 0 Å². The van der Waals surface area contributed by atoms with Crippen LogP contribution in [0, 0.1) is 5.92 Å². The van der Waals surface area contributed by atoms with E-state index in [1.54, 1.807) is 12.4 Å². The Bertz CT molecular complexity index is 774. The van der Waals surface area contributed by atoms with E-state index < -0.39 is 0 Å². The molecule has 2 aliphatic rings. The zero-order valence-electron chi connectivity index (χ0n) is 14.9. The van der Waals surface area contributed by atoms with Crippen molar-refractivity contribution in [2.24, 2.45) is 5.92 Å². The largest absolute Gasteiger partial charge is 0.341 e. The first-order chi connectivity index (χ1) is 12.1. The lowest BCUT2D eigenvalue weighted by Crippen LogP contribution is -2.37. The average molecular weight is 336 g/mol. The first kappa shape index (κ1) is 16.1. The van der Waals surface area contributed by atoms with Gasteiger partial charge in [0.15, 0.2) is 0 Å². The Morgan fingerprint density at radius 1 is 1.16 bits per heavy atom. The van der Waals surface area contributed by atoms with Crippen LogP contribution in [0.1, 0.15) is 42.6 Å². The summed E-state index contributed by atoms with van der Waals surface area (Å²) in [4.78, 5) is 26.0. The maximum Gasteiger partial charge on any atom is 0.261 e. The zero-order chi connectivity index (χ0) is 17.4. The summed E-state index contributed by atoms with van der Waals surface area (Å²) in [5.74, 6) is 1.38. The molecule has 0 N–H and O–H groups in total. The number of nitrogens with zero attached hydrogens (tertiary/aromatic N) is 4. The van der Waals surface area contributed by atoms with Gasteiger partial charge in [0.2, 0.25) is 5.95 Å². The molecule has 1 saturated heterocycles. The van der Waals surface area contributed by atoms with Crippen molar-refractivity contribution < 1.29 is 4.79 Å². The summed E-state index contributed by atoms with van der Waals surface area (Å²) in [7, 11) is 0. The van der Waals surface area contributed by atoms with E-state index in [2.05, 4.69) is 34.8 Å². The van der Waals surface area contributed by atoms with Gasteiger partial charge in [0, 0.05) is 37.2 Å². The fourth-order valence-corrected chi connectivity index (χ4v) is 3.98. The molecule has 1 fully saturated rings. The molecular formula is C20H24N4O. The lowest BCUT2D eigenvalue weighted by atomic mass is 10.0. The highest BCUT2D eigenvalue weighted by molar-refractivity contribution is 6.07. The minimum absolute atomic E-state index is 0.0176. The average Bonchev–Trinajstić information content (AvgIpc) is 2.97. The predicted octanol–water partition coefficient (Wildman–Crippen LogP) is 3.30. The van der Waals surface area contributed by atoms with E-state index in [1.165, 1.54) is 18.4 Å². The normalized spacial score (nSPS) is 22.8. The van der Waals surface area contributed by atoms with Gasteiger partial charge in [0.25, 0.3) is 5.91 Å². The number of aromatic nitrogens is 2. The summed E-state index contributed by atoms with van der Waals surface area (Å²) in [6, 6.07) is 8.27. The van der Waals surface area contributed by atoms with E-state index in [-0.39, 0.29) is 11.9 Å². The molecule has 1 amide bonds. The van der Waals surface area contributed by atoms with Crippen molar-refractivity contribution in [3.8, 4) is 0 Å². The third kappa shape index (κ3) is 2.99. The standard InChI is InChI=1S/C20H24N4O/c1-14-6-5-9-23(13-14)20-21-11-17(12-22-20)19(25)24-15(2)10-16-7-3-4-8-18(16)24/h3-4,7-8,11-12,14-15H,5-6,9-10,13H2,1-2H3. The fraction of sp³-hybridized carbons (Fsp3) is 0.450. The Morgan fingerprint density at radius 3 is 2.68 bits per heavy atom. The van der Waals surface area contributed by atoms with Crippen molar-refractivity contribution >= 4 is 17.5 Å². The van der Waals surface area contributed by atoms with E-state index >= 15 is 0 Å². The molecule has 2 unspecified atom stereocenters. The Balaban J connectivity index is 1.55. The number of carbonyl (C=O) groups is 1. The van der Waals surface area contributed by atoms with Crippen molar-refractivity contribution in [2.75, 3.05) is 22.9 Å². The number of benzene rings is 1. The molecule has 0 radical (unpaired) electrons. The molecule has 0 spiro atoms. The van der Waals surface area contributed by atoms with Gasteiger partial charge in [-0.05, 0) is 43.7 Å². The molecule has 2 aliphatic heterocycles. The fourth-order valence-electron chi connectivity index (χ4n) is 3.98. The second kappa shape index (κ2) is 6.47. The molecule has 130 valence electrons. The number of carbonyl (C=O) groups excluding carboxylic acids is 1. The van der Waals surface area contributed by atoms with Crippen molar-refractivity contribution in [3.05, 3.63) is 47.8 Å². The van der Waals surface area contributed by atoms with Gasteiger partial charge in [0.1, 0.15) is 0 Å². The van der Waals surface area contributed by atoms with E-state index in [4.69, 9.17) is 0 Å². The maximum absolute atomic E-state index is 13.0. The van der Waals surface area contributed by atoms with Crippen LogP contribution in [0.25, 0.3) is 0 Å². The van der Waals surface area contributed by atoms with Crippen molar-refractivity contribution in [2.45, 2.75) is 39.2 Å². The van der Waals surface area contributed by atoms with Gasteiger partial charge in [-0.1, -0.05) is 25.1 Å². The Labute approximate surface area is 148 Å². The summed E-state index contributed by atoms with van der Waals surface area (Å²) in [5, 5.41) is 0. The maximum atomic E-state index is 13.0. The number of hydrogen-bond acceptors (Lipinski definition) is 4. The molecular weight excluding hydrogens is 312 g/mol. The second-order valence-corrected chi connectivity index (χ2v) is 7.32. The van der Waals surface area contributed by atoms with Gasteiger partial charge in [0.05, 0.1) is 5.56 Å². The van der Waals surface area contributed by atoms with Crippen molar-refractivity contribution in [3.63, 3.8) is 0 Å². The molecule has 0 saturated carbocycles. The minimum Gasteiger partial charge on any atom is -0.341 e. The quantitative estimate of drug-likeness (QED) is 0.844. The van der Waals surface area contributed by atoms with Crippen LogP contribution in [-0.4, -0.2) is 35.0 Å². The monoisotopic (exact) mass is 336 g/mol. The lowest BCUT2D eigenvalue weighted by Gasteiger charge is -2.30. The molecule has 1 aromatic carbocycles. The number of amides is 1. The molecule has 3 heterocycles. The van der Waals surface area contributed by atoms with Crippen LogP contribution in [0.3, 0.4) is 0 Å². The SMILES string of the molecule is CC1CCCN(c2ncc(C(=O)N3c4ccccc4CC3C)cn2)C1. The molecule has 2 atom stereocenters. The lowest BCUT2D eigenvalue weighted by molar-refractivity contribution is 0.0981. The number of rotatable bonds is 2. The van der Waals surface area contributed by atoms with Crippen LogP contribution in [0.4, 0.5) is 11.6 Å². The third-order valence-electron chi connectivity index (χ3n) is 5.25. The van der Waals surface area contributed by atoms with Gasteiger partial charge in [-0.2, -0.15) is 0 Å². The zero-order valence-corrected chi connectivity index (χ0v) is 14.9. The number of hydrogen-bond donors (Lipinski definition) is 0. The van der Waals surface area contributed by atoms with E-state index in [0.717, 1.165) is 31.1 Å². The van der Waals surface area contributed by atoms with Crippen molar-refractivity contribution in [1.29, 1.82) is 0 Å². The van der Waals surface area contributed by atoms with Crippen molar-refractivity contribution in [1.82, 2.24) is 9.97 Å². The Kier molecular flexibility index (Phi) is 4.15. The van der Waals surface area contributed by atoms with Crippen LogP contribution in [0.5, 0.6) is 0 Å². The predicted molar refractivity (Wildman–Crippen MR) is 99.1 cm³/mol. The van der Waals surface area contributed by atoms with E-state index in [1.807, 2.05) is 23.1 Å². The molecule has 4 rings (SSSR count). The Hall–Kier alpha value is -2.43. The summed E-state index contributed by atoms with van der Waals surface area (Å²) in [5.41, 5.74) is 2.79. The van der Waals surface area contributed by atoms with Crippen LogP contribution < -0.4 is 9.80 Å². The van der Waals surface area contributed by atoms with Gasteiger partial charge in [-0.15, -0.1) is 0 Å². The highest BCUT2D eigenvalue weighted by Crippen LogP contribution is 2.33. The van der Waals surface area contributed by atoms with Crippen LogP contribution in [-0.2, 0) is 6.42 Å². The summed E-state index contributed by atoms with van der Waals surface area (Å²) in [6.45, 7) is 6.33. The molecule has 0 aliphatic carbocycles. The smallest absolute Gasteiger partial charge is 0.261 e. The number of fused-ring (bicyclic) bond motifs is 1. The van der Waals surface area contributed by atoms with E-state index in [9.17, 15) is 4.79 Å². The molecule has 1 aromatic heterocycles. The number of para-hydroxylation sites is 1. The summed E-state index contributed by atoms with van der Waals surface area (Å²) in [6.07, 6.45) is 6.69. The highest BCUT2D eigenvalue weighted by Gasteiger charge is 2.31. The van der Waals surface area contributed by atoms with Gasteiger partial charge < -0.3 is 9.80 Å². The van der Waals surface area contributed by atoms with Crippen LogP contribution >= 0.6 is 0 Å². The first-order valence-corrected chi connectivity index (χ1v) is 9.12. The third-order valence-corrected chi connectivity index (χ3v) is 5.25. The second-order valence-electron chi connectivity index (χ2n) is 7.32. The van der Waals surface area contributed by atoms with E-state index in [0.29, 0.717) is 11.5 Å². The number of piperidine rings is 1. The number of anilines is 2. The van der Waals surface area contributed by atoms with Crippen LogP contribution in [0.15, 0.2) is 36.7 Å². The molecule has 25 heavy (non-hydrogen) atoms. The first-order valence-electron chi connectivity index (χ1n) is 9.12. The summed E-state index contributed by atoms with van der Waals surface area (Å²) >= 11 is 0. The summed E-state index contributed by atoms with van der Waals surface area (Å²) < 4.78 is 0. The topological polar surface area (TPSA) is 49.3 Å². The minimum atomic E-state index is -0.0176. The molecule has 5 nitrogen and oxygen atoms in total. The molecule has 0 bridgehead atoms. The van der Waals surface area contributed by atoms with Gasteiger partial charge in [-0.3, -0.25) is 4.79 Å². The van der Waals surface area contributed by atoms with Crippen LogP contribution in [0.2, 0.25) is 0 Å².